The maximum atomic E-state index is 13.1. The van der Waals surface area contributed by atoms with Gasteiger partial charge in [0.25, 0.3) is 0 Å². The average molecular weight is 316 g/mol. The molecule has 1 aliphatic rings. The van der Waals surface area contributed by atoms with Crippen LogP contribution in [0.1, 0.15) is 11.6 Å². The first-order valence-electron chi connectivity index (χ1n) is 5.64. The number of halogens is 2. The van der Waals surface area contributed by atoms with E-state index in [1.165, 1.54) is 12.1 Å². The fourth-order valence-corrected chi connectivity index (χ4v) is 2.64. The quantitative estimate of drug-likeness (QED) is 0.923. The van der Waals surface area contributed by atoms with Crippen molar-refractivity contribution >= 4 is 21.9 Å². The molecule has 0 saturated heterocycles. The Hall–Kier alpha value is -1.14. The lowest BCUT2D eigenvalue weighted by Crippen LogP contribution is -2.38. The zero-order chi connectivity index (χ0) is 13.1. The predicted octanol–water partition coefficient (Wildman–Crippen LogP) is 1.91. The van der Waals surface area contributed by atoms with E-state index in [0.717, 1.165) is 10.0 Å². The Balaban J connectivity index is 2.21. The number of nitrogens with zero attached hydrogens (tertiary/aromatic N) is 2. The molecule has 1 unspecified atom stereocenters. The molecular formula is C12H15BrFN3O. The highest BCUT2D eigenvalue weighted by Gasteiger charge is 2.28. The highest BCUT2D eigenvalue weighted by atomic mass is 79.9. The third-order valence-electron chi connectivity index (χ3n) is 2.95. The van der Waals surface area contributed by atoms with Gasteiger partial charge >= 0.3 is 0 Å². The van der Waals surface area contributed by atoms with Crippen molar-refractivity contribution in [1.29, 1.82) is 0 Å². The Labute approximate surface area is 114 Å². The van der Waals surface area contributed by atoms with E-state index >= 15 is 0 Å². The summed E-state index contributed by atoms with van der Waals surface area (Å²) in [5.41, 5.74) is 6.84. The first kappa shape index (κ1) is 13.3. The van der Waals surface area contributed by atoms with E-state index in [1.807, 2.05) is 4.90 Å². The van der Waals surface area contributed by atoms with Crippen LogP contribution in [0.25, 0.3) is 0 Å². The molecule has 0 spiro atoms. The van der Waals surface area contributed by atoms with Crippen LogP contribution in [0.15, 0.2) is 27.7 Å². The lowest BCUT2D eigenvalue weighted by Gasteiger charge is -2.26. The van der Waals surface area contributed by atoms with Crippen LogP contribution in [0.5, 0.6) is 0 Å². The molecule has 1 aromatic carbocycles. The van der Waals surface area contributed by atoms with Crippen LogP contribution >= 0.6 is 15.9 Å². The number of aliphatic imine (C=N–C) groups is 1. The van der Waals surface area contributed by atoms with Crippen LogP contribution in [0.4, 0.5) is 4.39 Å². The highest BCUT2D eigenvalue weighted by Crippen LogP contribution is 2.31. The van der Waals surface area contributed by atoms with Crippen LogP contribution in [0, 0.1) is 5.82 Å². The molecule has 0 radical (unpaired) electrons. The largest absolute Gasteiger partial charge is 0.383 e. The second kappa shape index (κ2) is 5.67. The molecule has 18 heavy (non-hydrogen) atoms. The van der Waals surface area contributed by atoms with Gasteiger partial charge in [-0.25, -0.2) is 4.39 Å². The monoisotopic (exact) mass is 315 g/mol. The average Bonchev–Trinajstić information content (AvgIpc) is 2.68. The Morgan fingerprint density at radius 1 is 1.61 bits per heavy atom. The summed E-state index contributed by atoms with van der Waals surface area (Å²) >= 11 is 3.38. The van der Waals surface area contributed by atoms with Gasteiger partial charge in [0, 0.05) is 18.1 Å². The van der Waals surface area contributed by atoms with E-state index in [9.17, 15) is 4.39 Å². The summed E-state index contributed by atoms with van der Waals surface area (Å²) in [5, 5.41) is 0. The topological polar surface area (TPSA) is 50.9 Å². The van der Waals surface area contributed by atoms with Crippen molar-refractivity contribution in [2.75, 3.05) is 26.8 Å². The maximum Gasteiger partial charge on any atom is 0.192 e. The van der Waals surface area contributed by atoms with Crippen LogP contribution in [0.2, 0.25) is 0 Å². The standard InChI is InChI=1S/C12H15BrFN3O/c1-18-5-4-17-11(7-16-12(17)15)9-3-2-8(14)6-10(9)13/h2-3,6,11H,4-5,7H2,1H3,(H2,15,16). The van der Waals surface area contributed by atoms with E-state index in [1.54, 1.807) is 13.2 Å². The van der Waals surface area contributed by atoms with Gasteiger partial charge in [-0.05, 0) is 17.7 Å². The van der Waals surface area contributed by atoms with Crippen molar-refractivity contribution in [3.8, 4) is 0 Å². The SMILES string of the molecule is COCCN1C(N)=NCC1c1ccc(F)cc1Br. The third-order valence-corrected chi connectivity index (χ3v) is 3.64. The van der Waals surface area contributed by atoms with Gasteiger partial charge in [-0.2, -0.15) is 0 Å². The van der Waals surface area contributed by atoms with Crippen molar-refractivity contribution < 1.29 is 9.13 Å². The van der Waals surface area contributed by atoms with Gasteiger partial charge in [0.15, 0.2) is 5.96 Å². The Morgan fingerprint density at radius 2 is 2.39 bits per heavy atom. The smallest absolute Gasteiger partial charge is 0.192 e. The molecule has 0 aromatic heterocycles. The fourth-order valence-electron chi connectivity index (χ4n) is 2.03. The fraction of sp³-hybridized carbons (Fsp3) is 0.417. The lowest BCUT2D eigenvalue weighted by molar-refractivity contribution is 0.166. The van der Waals surface area contributed by atoms with Gasteiger partial charge in [-0.3, -0.25) is 4.99 Å². The molecule has 2 N–H and O–H groups in total. The molecule has 0 bridgehead atoms. The van der Waals surface area contributed by atoms with Gasteiger partial charge in [0.1, 0.15) is 5.82 Å². The molecule has 0 fully saturated rings. The van der Waals surface area contributed by atoms with Gasteiger partial charge in [0.2, 0.25) is 0 Å². The molecule has 1 aromatic rings. The first-order chi connectivity index (χ1) is 8.63. The molecule has 2 rings (SSSR count). The van der Waals surface area contributed by atoms with Crippen molar-refractivity contribution in [2.45, 2.75) is 6.04 Å². The normalized spacial score (nSPS) is 19.2. The Kier molecular flexibility index (Phi) is 4.19. The van der Waals surface area contributed by atoms with E-state index in [0.29, 0.717) is 25.7 Å². The summed E-state index contributed by atoms with van der Waals surface area (Å²) in [6.07, 6.45) is 0. The second-order valence-electron chi connectivity index (χ2n) is 4.07. The van der Waals surface area contributed by atoms with Crippen molar-refractivity contribution in [2.24, 2.45) is 10.7 Å². The van der Waals surface area contributed by atoms with Crippen LogP contribution in [0.3, 0.4) is 0 Å². The van der Waals surface area contributed by atoms with Gasteiger partial charge in [0.05, 0.1) is 19.2 Å². The second-order valence-corrected chi connectivity index (χ2v) is 4.92. The van der Waals surface area contributed by atoms with Gasteiger partial charge in [-0.15, -0.1) is 0 Å². The lowest BCUT2D eigenvalue weighted by atomic mass is 10.1. The van der Waals surface area contributed by atoms with Crippen LogP contribution in [-0.4, -0.2) is 37.7 Å². The van der Waals surface area contributed by atoms with Gasteiger partial charge in [-0.1, -0.05) is 22.0 Å². The van der Waals surface area contributed by atoms with Crippen molar-refractivity contribution in [3.63, 3.8) is 0 Å². The number of methoxy groups -OCH3 is 1. The molecule has 1 heterocycles. The molecule has 98 valence electrons. The summed E-state index contributed by atoms with van der Waals surface area (Å²) in [7, 11) is 1.65. The Bertz CT molecular complexity index is 467. The van der Waals surface area contributed by atoms with Gasteiger partial charge < -0.3 is 15.4 Å². The van der Waals surface area contributed by atoms with E-state index < -0.39 is 0 Å². The third kappa shape index (κ3) is 2.64. The van der Waals surface area contributed by atoms with Crippen LogP contribution in [-0.2, 0) is 4.74 Å². The predicted molar refractivity (Wildman–Crippen MR) is 71.9 cm³/mol. The zero-order valence-corrected chi connectivity index (χ0v) is 11.7. The van der Waals surface area contributed by atoms with Crippen molar-refractivity contribution in [3.05, 3.63) is 34.1 Å². The van der Waals surface area contributed by atoms with E-state index in [2.05, 4.69) is 20.9 Å². The number of hydrogen-bond acceptors (Lipinski definition) is 4. The molecule has 0 aliphatic carbocycles. The summed E-state index contributed by atoms with van der Waals surface area (Å²) in [6, 6.07) is 4.70. The number of nitrogens with two attached hydrogens (primary N) is 1. The summed E-state index contributed by atoms with van der Waals surface area (Å²) < 4.78 is 18.9. The maximum absolute atomic E-state index is 13.1. The summed E-state index contributed by atoms with van der Waals surface area (Å²) in [5.74, 6) is 0.245. The molecule has 1 aliphatic heterocycles. The van der Waals surface area contributed by atoms with E-state index in [4.69, 9.17) is 10.5 Å². The molecule has 4 nitrogen and oxygen atoms in total. The number of rotatable bonds is 4. The molecule has 0 saturated carbocycles. The van der Waals surface area contributed by atoms with Crippen molar-refractivity contribution in [1.82, 2.24) is 4.90 Å². The number of guanidine groups is 1. The first-order valence-corrected chi connectivity index (χ1v) is 6.43. The molecule has 6 heteroatoms. The summed E-state index contributed by atoms with van der Waals surface area (Å²) in [4.78, 5) is 6.22. The Morgan fingerprint density at radius 3 is 3.06 bits per heavy atom. The minimum atomic E-state index is -0.263. The summed E-state index contributed by atoms with van der Waals surface area (Å²) in [6.45, 7) is 1.83. The van der Waals surface area contributed by atoms with E-state index in [-0.39, 0.29) is 11.9 Å². The molecule has 1 atom stereocenters. The minimum absolute atomic E-state index is 0.0372. The minimum Gasteiger partial charge on any atom is -0.383 e. The number of ether oxygens (including phenoxy) is 1. The number of benzene rings is 1. The zero-order valence-electron chi connectivity index (χ0n) is 10.1. The number of hydrogen-bond donors (Lipinski definition) is 1. The molecule has 0 amide bonds. The molecular weight excluding hydrogens is 301 g/mol. The highest BCUT2D eigenvalue weighted by molar-refractivity contribution is 9.10. The van der Waals surface area contributed by atoms with Crippen LogP contribution < -0.4 is 5.73 Å².